The number of carbonyl (C=O) groups is 3. The minimum absolute atomic E-state index is 0.0219. The number of amides is 2. The number of nitrogens with zero attached hydrogens (tertiary/aromatic N) is 3. The molecule has 34 heavy (non-hydrogen) atoms. The third-order valence-electron chi connectivity index (χ3n) is 7.71. The Hall–Kier alpha value is -2.91. The van der Waals surface area contributed by atoms with Crippen molar-refractivity contribution in [1.82, 2.24) is 14.7 Å². The number of hydrogen-bond donors (Lipinski definition) is 0. The Morgan fingerprint density at radius 2 is 1.74 bits per heavy atom. The zero-order chi connectivity index (χ0) is 24.0. The molecule has 0 N–H and O–H groups in total. The zero-order valence-electron chi connectivity index (χ0n) is 20.0. The molecule has 2 saturated heterocycles. The van der Waals surface area contributed by atoms with E-state index in [2.05, 4.69) is 4.90 Å². The first-order chi connectivity index (χ1) is 16.4. The summed E-state index contributed by atoms with van der Waals surface area (Å²) < 4.78 is 16.1. The molecule has 0 saturated carbocycles. The van der Waals surface area contributed by atoms with E-state index in [1.54, 1.807) is 18.9 Å². The normalized spacial score (nSPS) is 22.5. The second-order valence-corrected chi connectivity index (χ2v) is 9.41. The van der Waals surface area contributed by atoms with Crippen molar-refractivity contribution in [3.8, 4) is 0 Å². The van der Waals surface area contributed by atoms with Crippen molar-refractivity contribution >= 4 is 18.0 Å². The van der Waals surface area contributed by atoms with Gasteiger partial charge in [0.15, 0.2) is 0 Å². The molecule has 4 aliphatic heterocycles. The molecule has 0 aromatic heterocycles. The van der Waals surface area contributed by atoms with E-state index in [4.69, 9.17) is 14.2 Å². The van der Waals surface area contributed by atoms with Gasteiger partial charge in [-0.2, -0.15) is 0 Å². The van der Waals surface area contributed by atoms with E-state index in [1.165, 1.54) is 0 Å². The highest BCUT2D eigenvalue weighted by Gasteiger charge is 2.39. The SMILES string of the molecule is CO[C@@H](CN1CCC(N2CCN(C3=C(C)C(=O)OC3)C2=O)CC1)c1ccc2c(c1C)COC2=O. The first-order valence-electron chi connectivity index (χ1n) is 11.9. The highest BCUT2D eigenvalue weighted by atomic mass is 16.5. The van der Waals surface area contributed by atoms with Gasteiger partial charge in [-0.05, 0) is 43.9 Å². The van der Waals surface area contributed by atoms with Gasteiger partial charge in [0.05, 0.1) is 22.9 Å². The van der Waals surface area contributed by atoms with Gasteiger partial charge in [-0.3, -0.25) is 4.90 Å². The van der Waals surface area contributed by atoms with Gasteiger partial charge in [0.25, 0.3) is 0 Å². The predicted molar refractivity (Wildman–Crippen MR) is 122 cm³/mol. The summed E-state index contributed by atoms with van der Waals surface area (Å²) in [6, 6.07) is 3.99. The molecule has 1 aromatic carbocycles. The van der Waals surface area contributed by atoms with Crippen LogP contribution in [-0.2, 0) is 25.6 Å². The summed E-state index contributed by atoms with van der Waals surface area (Å²) in [6.45, 7) is 8.03. The number of piperidine rings is 1. The van der Waals surface area contributed by atoms with Gasteiger partial charge in [-0.25, -0.2) is 14.4 Å². The summed E-state index contributed by atoms with van der Waals surface area (Å²) in [5.74, 6) is -0.589. The van der Waals surface area contributed by atoms with E-state index in [0.29, 0.717) is 36.5 Å². The van der Waals surface area contributed by atoms with Crippen molar-refractivity contribution in [1.29, 1.82) is 0 Å². The van der Waals surface area contributed by atoms with E-state index in [1.807, 2.05) is 24.0 Å². The van der Waals surface area contributed by atoms with Crippen LogP contribution in [0, 0.1) is 6.92 Å². The van der Waals surface area contributed by atoms with Crippen molar-refractivity contribution in [2.75, 3.05) is 46.4 Å². The van der Waals surface area contributed by atoms with Gasteiger partial charge >= 0.3 is 18.0 Å². The summed E-state index contributed by atoms with van der Waals surface area (Å²) in [5.41, 5.74) is 5.00. The Morgan fingerprint density at radius 3 is 2.41 bits per heavy atom. The molecule has 1 atom stereocenters. The minimum Gasteiger partial charge on any atom is -0.457 e. The molecule has 5 rings (SSSR count). The fourth-order valence-electron chi connectivity index (χ4n) is 5.56. The molecule has 1 aromatic rings. The second-order valence-electron chi connectivity index (χ2n) is 9.41. The molecule has 4 heterocycles. The van der Waals surface area contributed by atoms with Gasteiger partial charge in [-0.1, -0.05) is 6.07 Å². The van der Waals surface area contributed by atoms with E-state index in [9.17, 15) is 14.4 Å². The number of cyclic esters (lactones) is 2. The van der Waals surface area contributed by atoms with Crippen molar-refractivity contribution in [3.05, 3.63) is 45.7 Å². The van der Waals surface area contributed by atoms with Gasteiger partial charge in [0.2, 0.25) is 0 Å². The quantitative estimate of drug-likeness (QED) is 0.591. The highest BCUT2D eigenvalue weighted by molar-refractivity contribution is 5.94. The Labute approximate surface area is 199 Å². The lowest BCUT2D eigenvalue weighted by molar-refractivity contribution is -0.136. The number of carbonyl (C=O) groups excluding carboxylic acids is 3. The number of urea groups is 1. The largest absolute Gasteiger partial charge is 0.457 e. The number of esters is 2. The third kappa shape index (κ3) is 3.86. The number of rotatable bonds is 6. The number of likely N-dealkylation sites (tertiary alicyclic amines) is 1. The molecule has 0 unspecified atom stereocenters. The van der Waals surface area contributed by atoms with Crippen LogP contribution in [0.1, 0.15) is 52.9 Å². The van der Waals surface area contributed by atoms with Crippen molar-refractivity contribution in [2.24, 2.45) is 0 Å². The molecule has 0 radical (unpaired) electrons. The Kier molecular flexibility index (Phi) is 6.07. The lowest BCUT2D eigenvalue weighted by atomic mass is 9.94. The molecule has 4 aliphatic rings. The van der Waals surface area contributed by atoms with Crippen LogP contribution < -0.4 is 0 Å². The van der Waals surface area contributed by atoms with Gasteiger partial charge in [0.1, 0.15) is 13.2 Å². The van der Waals surface area contributed by atoms with Crippen LogP contribution in [0.15, 0.2) is 23.4 Å². The topological polar surface area (TPSA) is 88.6 Å². The van der Waals surface area contributed by atoms with E-state index in [-0.39, 0.29) is 36.7 Å². The monoisotopic (exact) mass is 469 g/mol. The second kappa shape index (κ2) is 9.03. The Balaban J connectivity index is 1.19. The van der Waals surface area contributed by atoms with Crippen LogP contribution >= 0.6 is 0 Å². The average molecular weight is 470 g/mol. The van der Waals surface area contributed by atoms with Crippen LogP contribution in [0.25, 0.3) is 0 Å². The van der Waals surface area contributed by atoms with Gasteiger partial charge < -0.3 is 24.0 Å². The highest BCUT2D eigenvalue weighted by Crippen LogP contribution is 2.32. The lowest BCUT2D eigenvalue weighted by Crippen LogP contribution is -2.47. The summed E-state index contributed by atoms with van der Waals surface area (Å²) in [6.07, 6.45) is 1.69. The molecular formula is C25H31N3O6. The smallest absolute Gasteiger partial charge is 0.338 e. The first kappa shape index (κ1) is 22.9. The van der Waals surface area contributed by atoms with Crippen LogP contribution in [-0.4, -0.2) is 85.2 Å². The first-order valence-corrected chi connectivity index (χ1v) is 11.9. The molecule has 182 valence electrons. The molecule has 2 amide bonds. The number of ether oxygens (including phenoxy) is 3. The molecule has 0 aliphatic carbocycles. The van der Waals surface area contributed by atoms with Crippen molar-refractivity contribution < 1.29 is 28.6 Å². The zero-order valence-corrected chi connectivity index (χ0v) is 20.0. The van der Waals surface area contributed by atoms with Crippen LogP contribution in [0.5, 0.6) is 0 Å². The van der Waals surface area contributed by atoms with Crippen LogP contribution in [0.4, 0.5) is 4.79 Å². The van der Waals surface area contributed by atoms with Gasteiger partial charge in [0, 0.05) is 51.4 Å². The third-order valence-corrected chi connectivity index (χ3v) is 7.71. The standard InChI is InChI=1S/C25H31N3O6/c1-15-18(4-5-19-20(15)13-33-24(19)30)22(32-3)12-26-8-6-17(7-9-26)27-10-11-28(25(27)31)21-14-34-23(29)16(21)2/h4-5,17,22H,6-14H2,1-3H3/t22-/m0/s1. The Morgan fingerprint density at radius 1 is 1.00 bits per heavy atom. The molecule has 0 spiro atoms. The predicted octanol–water partition coefficient (Wildman–Crippen LogP) is 2.39. The average Bonchev–Trinajstić information content (AvgIpc) is 3.51. The van der Waals surface area contributed by atoms with Gasteiger partial charge in [-0.15, -0.1) is 0 Å². The van der Waals surface area contributed by atoms with E-state index >= 15 is 0 Å². The fraction of sp³-hybridized carbons (Fsp3) is 0.560. The maximum atomic E-state index is 13.1. The molecular weight excluding hydrogens is 438 g/mol. The van der Waals surface area contributed by atoms with Crippen LogP contribution in [0.3, 0.4) is 0 Å². The van der Waals surface area contributed by atoms with Crippen molar-refractivity contribution in [2.45, 2.75) is 45.4 Å². The van der Waals surface area contributed by atoms with Crippen molar-refractivity contribution in [3.63, 3.8) is 0 Å². The summed E-state index contributed by atoms with van der Waals surface area (Å²) in [5, 5.41) is 0. The summed E-state index contributed by atoms with van der Waals surface area (Å²) in [4.78, 5) is 42.7. The van der Waals surface area contributed by atoms with E-state index in [0.717, 1.165) is 49.2 Å². The molecule has 0 bridgehead atoms. The number of hydrogen-bond acceptors (Lipinski definition) is 7. The van der Waals surface area contributed by atoms with E-state index < -0.39 is 0 Å². The number of methoxy groups -OCH3 is 1. The minimum atomic E-state index is -0.333. The maximum absolute atomic E-state index is 13.1. The Bertz CT molecular complexity index is 1060. The lowest BCUT2D eigenvalue weighted by Gasteiger charge is -2.37. The number of benzene rings is 1. The molecule has 9 heteroatoms. The van der Waals surface area contributed by atoms with Crippen LogP contribution in [0.2, 0.25) is 0 Å². The molecule has 9 nitrogen and oxygen atoms in total. The number of fused-ring (bicyclic) bond motifs is 1. The maximum Gasteiger partial charge on any atom is 0.338 e. The molecule has 2 fully saturated rings. The summed E-state index contributed by atoms with van der Waals surface area (Å²) >= 11 is 0. The summed E-state index contributed by atoms with van der Waals surface area (Å²) in [7, 11) is 1.72. The fourth-order valence-corrected chi connectivity index (χ4v) is 5.56.